The van der Waals surface area contributed by atoms with Crippen LogP contribution in [-0.2, 0) is 4.74 Å². The van der Waals surface area contributed by atoms with Crippen LogP contribution in [0.4, 0.5) is 10.7 Å². The highest BCUT2D eigenvalue weighted by Gasteiger charge is 2.26. The smallest absolute Gasteiger partial charge is 0.350 e. The van der Waals surface area contributed by atoms with E-state index in [9.17, 15) is 4.79 Å². The molecule has 0 unspecified atom stereocenters. The van der Waals surface area contributed by atoms with Crippen molar-refractivity contribution >= 4 is 28.0 Å². The molecule has 0 radical (unpaired) electrons. The molecule has 21 heavy (non-hydrogen) atoms. The Hall–Kier alpha value is -1.43. The molecule has 0 spiro atoms. The van der Waals surface area contributed by atoms with E-state index in [0.717, 1.165) is 30.9 Å². The van der Waals surface area contributed by atoms with Crippen LogP contribution in [0.1, 0.15) is 48.7 Å². The molecule has 5 nitrogen and oxygen atoms in total. The van der Waals surface area contributed by atoms with Gasteiger partial charge in [-0.25, -0.2) is 4.79 Å². The molecule has 1 aromatic heterocycles. The largest absolute Gasteiger partial charge is 0.492 e. The molecule has 0 saturated carbocycles. The lowest BCUT2D eigenvalue weighted by atomic mass is 10.1. The van der Waals surface area contributed by atoms with Crippen LogP contribution in [-0.4, -0.2) is 32.8 Å². The number of hydrogen-bond acceptors (Lipinski definition) is 6. The first-order valence-corrected chi connectivity index (χ1v) is 8.39. The standard InChI is InChI=1S/C15H24N2O3S/c1-3-20-15(18)13-11(16)12(19-2)14(21-13)17-9-7-5-4-6-8-10-17/h3-10,16H2,1-2H3. The summed E-state index contributed by atoms with van der Waals surface area (Å²) >= 11 is 1.38. The van der Waals surface area contributed by atoms with Crippen LogP contribution < -0.4 is 15.4 Å². The highest BCUT2D eigenvalue weighted by molar-refractivity contribution is 7.19. The van der Waals surface area contributed by atoms with Gasteiger partial charge in [-0.3, -0.25) is 0 Å². The van der Waals surface area contributed by atoms with Gasteiger partial charge in [0.1, 0.15) is 15.6 Å². The Morgan fingerprint density at radius 1 is 1.24 bits per heavy atom. The fourth-order valence-corrected chi connectivity index (χ4v) is 3.76. The summed E-state index contributed by atoms with van der Waals surface area (Å²) in [7, 11) is 1.60. The van der Waals surface area contributed by atoms with Crippen molar-refractivity contribution in [3.05, 3.63) is 4.88 Å². The molecule has 6 heteroatoms. The topological polar surface area (TPSA) is 64.8 Å². The minimum absolute atomic E-state index is 0.345. The van der Waals surface area contributed by atoms with Gasteiger partial charge in [0.25, 0.3) is 0 Å². The van der Waals surface area contributed by atoms with Gasteiger partial charge in [-0.1, -0.05) is 19.3 Å². The first-order chi connectivity index (χ1) is 10.2. The number of carbonyl (C=O) groups excluding carboxylic acids is 1. The SMILES string of the molecule is CCOC(=O)c1sc(N2CCCCCCC2)c(OC)c1N. The number of nitrogens with two attached hydrogens (primary N) is 1. The molecule has 2 heterocycles. The zero-order valence-electron chi connectivity index (χ0n) is 12.8. The van der Waals surface area contributed by atoms with E-state index in [0.29, 0.717) is 22.9 Å². The molecule has 0 amide bonds. The van der Waals surface area contributed by atoms with Gasteiger partial charge in [0.2, 0.25) is 0 Å². The summed E-state index contributed by atoms with van der Waals surface area (Å²) in [5, 5.41) is 0.958. The maximum Gasteiger partial charge on any atom is 0.350 e. The van der Waals surface area contributed by atoms with Crippen LogP contribution in [0.3, 0.4) is 0 Å². The molecule has 1 fully saturated rings. The Morgan fingerprint density at radius 2 is 1.86 bits per heavy atom. The maximum atomic E-state index is 12.0. The molecule has 0 atom stereocenters. The van der Waals surface area contributed by atoms with Crippen molar-refractivity contribution in [1.82, 2.24) is 0 Å². The van der Waals surface area contributed by atoms with E-state index in [-0.39, 0.29) is 5.97 Å². The van der Waals surface area contributed by atoms with Gasteiger partial charge in [0.15, 0.2) is 5.75 Å². The second kappa shape index (κ2) is 7.54. The number of nitrogens with zero attached hydrogens (tertiary/aromatic N) is 1. The van der Waals surface area contributed by atoms with Crippen molar-refractivity contribution in [2.45, 2.75) is 39.0 Å². The molecule has 0 aliphatic carbocycles. The summed E-state index contributed by atoms with van der Waals surface area (Å²) in [6.07, 6.45) is 6.14. The zero-order chi connectivity index (χ0) is 15.2. The monoisotopic (exact) mass is 312 g/mol. The van der Waals surface area contributed by atoms with Crippen molar-refractivity contribution in [3.63, 3.8) is 0 Å². The summed E-state index contributed by atoms with van der Waals surface area (Å²) in [6, 6.07) is 0. The van der Waals surface area contributed by atoms with Gasteiger partial charge in [-0.15, -0.1) is 11.3 Å². The van der Waals surface area contributed by atoms with Gasteiger partial charge in [0, 0.05) is 13.1 Å². The van der Waals surface area contributed by atoms with Gasteiger partial charge < -0.3 is 20.1 Å². The van der Waals surface area contributed by atoms with Crippen molar-refractivity contribution in [1.29, 1.82) is 0 Å². The molecular weight excluding hydrogens is 288 g/mol. The third kappa shape index (κ3) is 3.61. The third-order valence-corrected chi connectivity index (χ3v) is 4.92. The fourth-order valence-electron chi connectivity index (χ4n) is 2.62. The summed E-state index contributed by atoms with van der Waals surface area (Å²) in [6.45, 7) is 4.10. The quantitative estimate of drug-likeness (QED) is 0.864. The summed E-state index contributed by atoms with van der Waals surface area (Å²) in [4.78, 5) is 14.7. The molecule has 0 bridgehead atoms. The maximum absolute atomic E-state index is 12.0. The van der Waals surface area contributed by atoms with E-state index in [1.54, 1.807) is 14.0 Å². The van der Waals surface area contributed by atoms with Crippen LogP contribution >= 0.6 is 11.3 Å². The molecule has 0 aromatic carbocycles. The van der Waals surface area contributed by atoms with Crippen LogP contribution in [0, 0.1) is 0 Å². The Balaban J connectivity index is 2.28. The second-order valence-corrected chi connectivity index (χ2v) is 6.16. The van der Waals surface area contributed by atoms with E-state index in [1.165, 1.54) is 30.6 Å². The highest BCUT2D eigenvalue weighted by Crippen LogP contribution is 2.45. The predicted molar refractivity (Wildman–Crippen MR) is 86.5 cm³/mol. The Labute approximate surface area is 130 Å². The summed E-state index contributed by atoms with van der Waals surface area (Å²) < 4.78 is 10.5. The average Bonchev–Trinajstić information content (AvgIpc) is 2.75. The Morgan fingerprint density at radius 3 is 2.43 bits per heavy atom. The Kier molecular flexibility index (Phi) is 5.73. The van der Waals surface area contributed by atoms with Gasteiger partial charge in [-0.2, -0.15) is 0 Å². The molecule has 2 rings (SSSR count). The Bertz CT molecular complexity index is 480. The first kappa shape index (κ1) is 15.9. The van der Waals surface area contributed by atoms with Crippen LogP contribution in [0.25, 0.3) is 0 Å². The van der Waals surface area contributed by atoms with Crippen LogP contribution in [0.2, 0.25) is 0 Å². The average molecular weight is 312 g/mol. The molecular formula is C15H24N2O3S. The third-order valence-electron chi connectivity index (χ3n) is 3.69. The molecule has 1 aromatic rings. The number of anilines is 2. The fraction of sp³-hybridized carbons (Fsp3) is 0.667. The van der Waals surface area contributed by atoms with Crippen molar-refractivity contribution in [2.24, 2.45) is 0 Å². The lowest BCUT2D eigenvalue weighted by Crippen LogP contribution is -2.26. The first-order valence-electron chi connectivity index (χ1n) is 7.57. The zero-order valence-corrected chi connectivity index (χ0v) is 13.6. The minimum atomic E-state index is -0.364. The van der Waals surface area contributed by atoms with Crippen molar-refractivity contribution in [3.8, 4) is 5.75 Å². The normalized spacial score (nSPS) is 16.2. The molecule has 1 aliphatic rings. The summed E-state index contributed by atoms with van der Waals surface area (Å²) in [5.74, 6) is 0.250. The molecule has 1 aliphatic heterocycles. The number of carbonyl (C=O) groups is 1. The molecule has 2 N–H and O–H groups in total. The number of ether oxygens (including phenoxy) is 2. The number of thiophene rings is 1. The van der Waals surface area contributed by atoms with E-state index < -0.39 is 0 Å². The molecule has 118 valence electrons. The lowest BCUT2D eigenvalue weighted by Gasteiger charge is -2.26. The second-order valence-electron chi connectivity index (χ2n) is 5.16. The number of nitrogen functional groups attached to an aromatic ring is 1. The van der Waals surface area contributed by atoms with Crippen molar-refractivity contribution in [2.75, 3.05) is 37.4 Å². The van der Waals surface area contributed by atoms with Gasteiger partial charge in [-0.05, 0) is 19.8 Å². The minimum Gasteiger partial charge on any atom is -0.492 e. The highest BCUT2D eigenvalue weighted by atomic mass is 32.1. The lowest BCUT2D eigenvalue weighted by molar-refractivity contribution is 0.0533. The number of rotatable bonds is 4. The summed E-state index contributed by atoms with van der Waals surface area (Å²) in [5.41, 5.74) is 6.48. The predicted octanol–water partition coefficient (Wildman–Crippen LogP) is 3.29. The van der Waals surface area contributed by atoms with Gasteiger partial charge >= 0.3 is 5.97 Å². The van der Waals surface area contributed by atoms with Crippen LogP contribution in [0.15, 0.2) is 0 Å². The van der Waals surface area contributed by atoms with Crippen molar-refractivity contribution < 1.29 is 14.3 Å². The van der Waals surface area contributed by atoms with Gasteiger partial charge in [0.05, 0.1) is 13.7 Å². The molecule has 1 saturated heterocycles. The van der Waals surface area contributed by atoms with E-state index >= 15 is 0 Å². The van der Waals surface area contributed by atoms with E-state index in [4.69, 9.17) is 15.2 Å². The van der Waals surface area contributed by atoms with E-state index in [1.807, 2.05) is 0 Å². The van der Waals surface area contributed by atoms with E-state index in [2.05, 4.69) is 4.90 Å². The number of methoxy groups -OCH3 is 1. The van der Waals surface area contributed by atoms with Crippen LogP contribution in [0.5, 0.6) is 5.75 Å². The number of esters is 1. The number of hydrogen-bond donors (Lipinski definition) is 1.